The molecule has 0 heterocycles. The fraction of sp³-hybridized carbons (Fsp3) is 0.0714. The van der Waals surface area contributed by atoms with Gasteiger partial charge in [-0.05, 0) is 24.3 Å². The van der Waals surface area contributed by atoms with Crippen LogP contribution in [0.2, 0.25) is 5.02 Å². The van der Waals surface area contributed by atoms with Crippen LogP contribution < -0.4 is 5.32 Å². The molecular formula is C14H12ClNO2S. The van der Waals surface area contributed by atoms with E-state index in [2.05, 4.69) is 5.32 Å². The van der Waals surface area contributed by atoms with Crippen LogP contribution in [-0.2, 0) is 10.8 Å². The Morgan fingerprint density at radius 1 is 1.05 bits per heavy atom. The SMILES string of the molecule is CNC(=O)c1ccccc1S(=O)c1ccccc1Cl. The van der Waals surface area contributed by atoms with E-state index in [1.807, 2.05) is 0 Å². The maximum atomic E-state index is 12.6. The van der Waals surface area contributed by atoms with E-state index in [1.54, 1.807) is 48.5 Å². The van der Waals surface area contributed by atoms with Crippen molar-refractivity contribution < 1.29 is 9.00 Å². The minimum atomic E-state index is -1.48. The molecule has 3 nitrogen and oxygen atoms in total. The quantitative estimate of drug-likeness (QED) is 0.946. The summed E-state index contributed by atoms with van der Waals surface area (Å²) in [7, 11) is 0.0543. The van der Waals surface area contributed by atoms with Gasteiger partial charge < -0.3 is 5.32 Å². The van der Waals surface area contributed by atoms with Crippen molar-refractivity contribution in [3.8, 4) is 0 Å². The van der Waals surface area contributed by atoms with E-state index in [0.29, 0.717) is 20.4 Å². The molecule has 0 saturated carbocycles. The average molecular weight is 294 g/mol. The number of halogens is 1. The van der Waals surface area contributed by atoms with Gasteiger partial charge in [0.05, 0.1) is 31.2 Å². The minimum Gasteiger partial charge on any atom is -0.355 e. The van der Waals surface area contributed by atoms with Crippen molar-refractivity contribution >= 4 is 28.3 Å². The number of hydrogen-bond donors (Lipinski definition) is 1. The van der Waals surface area contributed by atoms with Crippen LogP contribution in [0.25, 0.3) is 0 Å². The Hall–Kier alpha value is -1.65. The lowest BCUT2D eigenvalue weighted by Crippen LogP contribution is -2.19. The summed E-state index contributed by atoms with van der Waals surface area (Å²) in [6.45, 7) is 0. The van der Waals surface area contributed by atoms with Gasteiger partial charge in [-0.15, -0.1) is 0 Å². The van der Waals surface area contributed by atoms with E-state index >= 15 is 0 Å². The summed E-state index contributed by atoms with van der Waals surface area (Å²) < 4.78 is 12.6. The van der Waals surface area contributed by atoms with E-state index < -0.39 is 10.8 Å². The first-order valence-corrected chi connectivity index (χ1v) is 7.15. The Balaban J connectivity index is 2.51. The number of carbonyl (C=O) groups is 1. The van der Waals surface area contributed by atoms with Crippen molar-refractivity contribution in [2.24, 2.45) is 0 Å². The van der Waals surface area contributed by atoms with Crippen LogP contribution >= 0.6 is 11.6 Å². The molecule has 0 aliphatic rings. The normalized spacial score (nSPS) is 11.9. The third-order valence-electron chi connectivity index (χ3n) is 2.59. The fourth-order valence-corrected chi connectivity index (χ4v) is 3.26. The molecule has 1 unspecified atom stereocenters. The third kappa shape index (κ3) is 2.85. The zero-order valence-electron chi connectivity index (χ0n) is 10.2. The summed E-state index contributed by atoms with van der Waals surface area (Å²) in [5.41, 5.74) is 0.392. The first kappa shape index (κ1) is 13.8. The first-order valence-electron chi connectivity index (χ1n) is 5.62. The molecule has 0 aromatic heterocycles. The topological polar surface area (TPSA) is 46.2 Å². The lowest BCUT2D eigenvalue weighted by atomic mass is 10.2. The van der Waals surface area contributed by atoms with Crippen LogP contribution in [0.4, 0.5) is 0 Å². The summed E-state index contributed by atoms with van der Waals surface area (Å²) in [5, 5.41) is 2.96. The Bertz CT molecular complexity index is 643. The number of rotatable bonds is 3. The molecule has 0 aliphatic heterocycles. The largest absolute Gasteiger partial charge is 0.355 e. The van der Waals surface area contributed by atoms with Gasteiger partial charge in [-0.2, -0.15) is 0 Å². The zero-order valence-corrected chi connectivity index (χ0v) is 11.8. The van der Waals surface area contributed by atoms with Gasteiger partial charge in [0.25, 0.3) is 5.91 Å². The second-order valence-corrected chi connectivity index (χ2v) is 5.60. The van der Waals surface area contributed by atoms with Crippen LogP contribution in [0.5, 0.6) is 0 Å². The fourth-order valence-electron chi connectivity index (χ4n) is 1.66. The number of nitrogens with one attached hydrogen (secondary N) is 1. The van der Waals surface area contributed by atoms with E-state index in [1.165, 1.54) is 7.05 Å². The Morgan fingerprint density at radius 3 is 2.26 bits per heavy atom. The Labute approximate surface area is 119 Å². The van der Waals surface area contributed by atoms with Gasteiger partial charge in [-0.25, -0.2) is 4.21 Å². The molecule has 0 radical (unpaired) electrons. The summed E-state index contributed by atoms with van der Waals surface area (Å²) in [4.78, 5) is 12.7. The minimum absolute atomic E-state index is 0.268. The van der Waals surface area contributed by atoms with Gasteiger partial charge in [0.1, 0.15) is 0 Å². The van der Waals surface area contributed by atoms with E-state index in [-0.39, 0.29) is 5.91 Å². The molecular weight excluding hydrogens is 282 g/mol. The molecule has 2 aromatic rings. The van der Waals surface area contributed by atoms with Crippen molar-refractivity contribution in [1.82, 2.24) is 5.32 Å². The predicted octanol–water partition coefficient (Wildman–Crippen LogP) is 2.87. The molecule has 19 heavy (non-hydrogen) atoms. The highest BCUT2D eigenvalue weighted by molar-refractivity contribution is 7.85. The zero-order chi connectivity index (χ0) is 13.8. The molecule has 5 heteroatoms. The van der Waals surface area contributed by atoms with Crippen molar-refractivity contribution in [2.75, 3.05) is 7.05 Å². The Kier molecular flexibility index (Phi) is 4.35. The standard InChI is InChI=1S/C14H12ClNO2S/c1-16-14(17)10-6-2-4-8-12(10)19(18)13-9-5-3-7-11(13)15/h2-9H,1H3,(H,16,17). The molecule has 98 valence electrons. The van der Waals surface area contributed by atoms with Gasteiger partial charge in [0, 0.05) is 7.05 Å². The van der Waals surface area contributed by atoms with Crippen molar-refractivity contribution in [3.05, 3.63) is 59.1 Å². The van der Waals surface area contributed by atoms with Crippen LogP contribution in [-0.4, -0.2) is 17.2 Å². The maximum absolute atomic E-state index is 12.6. The van der Waals surface area contributed by atoms with Gasteiger partial charge >= 0.3 is 0 Å². The van der Waals surface area contributed by atoms with Crippen LogP contribution in [0.15, 0.2) is 58.3 Å². The maximum Gasteiger partial charge on any atom is 0.252 e. The molecule has 1 atom stereocenters. The molecule has 0 fully saturated rings. The number of amides is 1. The highest BCUT2D eigenvalue weighted by Crippen LogP contribution is 2.25. The van der Waals surface area contributed by atoms with E-state index in [0.717, 1.165) is 0 Å². The summed E-state index contributed by atoms with van der Waals surface area (Å²) in [5.74, 6) is -0.268. The molecule has 2 aromatic carbocycles. The summed E-state index contributed by atoms with van der Waals surface area (Å²) in [6, 6.07) is 13.7. The van der Waals surface area contributed by atoms with Crippen LogP contribution in [0.3, 0.4) is 0 Å². The van der Waals surface area contributed by atoms with Gasteiger partial charge in [-0.3, -0.25) is 4.79 Å². The van der Waals surface area contributed by atoms with Crippen molar-refractivity contribution in [3.63, 3.8) is 0 Å². The second kappa shape index (κ2) is 5.99. The number of benzene rings is 2. The van der Waals surface area contributed by atoms with E-state index in [4.69, 9.17) is 11.6 Å². The second-order valence-electron chi connectivity index (χ2n) is 3.77. The van der Waals surface area contributed by atoms with Crippen molar-refractivity contribution in [2.45, 2.75) is 9.79 Å². The molecule has 0 spiro atoms. The monoisotopic (exact) mass is 293 g/mol. The molecule has 0 saturated heterocycles. The van der Waals surface area contributed by atoms with Crippen molar-refractivity contribution in [1.29, 1.82) is 0 Å². The van der Waals surface area contributed by atoms with Crippen LogP contribution in [0, 0.1) is 0 Å². The lowest BCUT2D eigenvalue weighted by molar-refractivity contribution is 0.0960. The molecule has 0 bridgehead atoms. The summed E-state index contributed by atoms with van der Waals surface area (Å²) in [6.07, 6.45) is 0. The lowest BCUT2D eigenvalue weighted by Gasteiger charge is -2.09. The third-order valence-corrected chi connectivity index (χ3v) is 4.55. The van der Waals surface area contributed by atoms with Gasteiger partial charge in [-0.1, -0.05) is 35.9 Å². The Morgan fingerprint density at radius 2 is 1.63 bits per heavy atom. The first-order chi connectivity index (χ1) is 9.15. The number of hydrogen-bond acceptors (Lipinski definition) is 2. The summed E-state index contributed by atoms with van der Waals surface area (Å²) >= 11 is 6.04. The van der Waals surface area contributed by atoms with Gasteiger partial charge in [0.15, 0.2) is 0 Å². The smallest absolute Gasteiger partial charge is 0.252 e. The van der Waals surface area contributed by atoms with Crippen LogP contribution in [0.1, 0.15) is 10.4 Å². The molecule has 1 N–H and O–H groups in total. The average Bonchev–Trinajstić information content (AvgIpc) is 2.46. The highest BCUT2D eigenvalue weighted by Gasteiger charge is 2.17. The molecule has 1 amide bonds. The molecule has 0 aliphatic carbocycles. The highest BCUT2D eigenvalue weighted by atomic mass is 35.5. The van der Waals surface area contributed by atoms with Gasteiger partial charge in [0.2, 0.25) is 0 Å². The van der Waals surface area contributed by atoms with E-state index in [9.17, 15) is 9.00 Å². The predicted molar refractivity (Wildman–Crippen MR) is 76.0 cm³/mol. The number of carbonyl (C=O) groups excluding carboxylic acids is 1. The molecule has 2 rings (SSSR count).